The first-order valence-electron chi connectivity index (χ1n) is 5.45. The number of nitrogen functional groups attached to an aromatic ring is 1. The molecular formula is C12H15FN4. The Labute approximate surface area is 99.3 Å². The van der Waals surface area contributed by atoms with Gasteiger partial charge in [0.25, 0.3) is 0 Å². The van der Waals surface area contributed by atoms with Crippen molar-refractivity contribution in [1.82, 2.24) is 14.8 Å². The predicted molar refractivity (Wildman–Crippen MR) is 64.9 cm³/mol. The van der Waals surface area contributed by atoms with Gasteiger partial charge in [-0.25, -0.2) is 14.1 Å². The lowest BCUT2D eigenvalue weighted by Gasteiger charge is -2.03. The molecule has 0 aliphatic heterocycles. The molecule has 0 radical (unpaired) electrons. The molecule has 17 heavy (non-hydrogen) atoms. The number of hydrogen-bond donors (Lipinski definition) is 1. The molecule has 1 aromatic heterocycles. The van der Waals surface area contributed by atoms with Crippen LogP contribution in [0.15, 0.2) is 18.2 Å². The summed E-state index contributed by atoms with van der Waals surface area (Å²) in [6, 6.07) is 4.28. The molecule has 0 aliphatic rings. The molecular weight excluding hydrogens is 219 g/mol. The maximum Gasteiger partial charge on any atom is 0.160 e. The molecule has 2 aromatic rings. The number of aromatic nitrogens is 3. The van der Waals surface area contributed by atoms with E-state index in [-0.39, 0.29) is 11.7 Å². The molecule has 4 nitrogen and oxygen atoms in total. The van der Waals surface area contributed by atoms with Gasteiger partial charge in [-0.1, -0.05) is 13.8 Å². The van der Waals surface area contributed by atoms with Gasteiger partial charge in [-0.2, -0.15) is 5.10 Å². The van der Waals surface area contributed by atoms with Crippen molar-refractivity contribution in [2.75, 3.05) is 5.73 Å². The van der Waals surface area contributed by atoms with E-state index in [9.17, 15) is 4.39 Å². The van der Waals surface area contributed by atoms with E-state index in [4.69, 9.17) is 5.73 Å². The zero-order chi connectivity index (χ0) is 12.6. The molecule has 1 heterocycles. The lowest BCUT2D eigenvalue weighted by atomic mass is 10.1. The van der Waals surface area contributed by atoms with Crippen LogP contribution >= 0.6 is 0 Å². The summed E-state index contributed by atoms with van der Waals surface area (Å²) in [5.74, 6) is 1.31. The number of nitrogens with zero attached hydrogens (tertiary/aromatic N) is 3. The van der Waals surface area contributed by atoms with Crippen LogP contribution in [-0.4, -0.2) is 14.8 Å². The Balaban J connectivity index is 2.52. The second kappa shape index (κ2) is 4.16. The third-order valence-corrected chi connectivity index (χ3v) is 2.55. The van der Waals surface area contributed by atoms with Gasteiger partial charge in [0.1, 0.15) is 5.82 Å². The number of rotatable bonds is 2. The van der Waals surface area contributed by atoms with Crippen molar-refractivity contribution in [2.45, 2.75) is 19.8 Å². The smallest absolute Gasteiger partial charge is 0.160 e. The monoisotopic (exact) mass is 234 g/mol. The second-order valence-electron chi connectivity index (χ2n) is 4.30. The highest BCUT2D eigenvalue weighted by Gasteiger charge is 2.14. The largest absolute Gasteiger partial charge is 0.398 e. The zero-order valence-electron chi connectivity index (χ0n) is 10.1. The summed E-state index contributed by atoms with van der Waals surface area (Å²) in [7, 11) is 1.80. The lowest BCUT2D eigenvalue weighted by molar-refractivity contribution is 0.628. The number of aryl methyl sites for hydroxylation is 1. The minimum absolute atomic E-state index is 0.247. The molecule has 0 fully saturated rings. The number of anilines is 1. The van der Waals surface area contributed by atoms with Crippen LogP contribution in [0.5, 0.6) is 0 Å². The van der Waals surface area contributed by atoms with Crippen LogP contribution in [0, 0.1) is 5.82 Å². The van der Waals surface area contributed by atoms with Crippen LogP contribution in [0.25, 0.3) is 11.4 Å². The summed E-state index contributed by atoms with van der Waals surface area (Å²) >= 11 is 0. The second-order valence-corrected chi connectivity index (χ2v) is 4.30. The maximum atomic E-state index is 13.0. The molecule has 90 valence electrons. The predicted octanol–water partition coefficient (Wildman–Crippen LogP) is 2.33. The molecule has 0 saturated carbocycles. The fourth-order valence-corrected chi connectivity index (χ4v) is 1.62. The topological polar surface area (TPSA) is 56.7 Å². The molecule has 1 aromatic carbocycles. The highest BCUT2D eigenvalue weighted by molar-refractivity contribution is 5.71. The van der Waals surface area contributed by atoms with E-state index in [1.54, 1.807) is 17.8 Å². The minimum Gasteiger partial charge on any atom is -0.398 e. The fraction of sp³-hybridized carbons (Fsp3) is 0.333. The van der Waals surface area contributed by atoms with Gasteiger partial charge in [0.2, 0.25) is 0 Å². The van der Waals surface area contributed by atoms with Gasteiger partial charge in [-0.15, -0.1) is 0 Å². The first kappa shape index (κ1) is 11.6. The van der Waals surface area contributed by atoms with E-state index in [0.29, 0.717) is 17.1 Å². The first-order valence-corrected chi connectivity index (χ1v) is 5.45. The Morgan fingerprint density at radius 3 is 2.59 bits per heavy atom. The van der Waals surface area contributed by atoms with Gasteiger partial charge < -0.3 is 5.73 Å². The van der Waals surface area contributed by atoms with Crippen molar-refractivity contribution in [3.8, 4) is 11.4 Å². The summed E-state index contributed by atoms with van der Waals surface area (Å²) in [6.07, 6.45) is 0. The van der Waals surface area contributed by atoms with E-state index < -0.39 is 0 Å². The normalized spacial score (nSPS) is 11.1. The summed E-state index contributed by atoms with van der Waals surface area (Å²) in [5, 5.41) is 4.31. The Morgan fingerprint density at radius 2 is 2.06 bits per heavy atom. The van der Waals surface area contributed by atoms with Crippen molar-refractivity contribution >= 4 is 5.69 Å². The Morgan fingerprint density at radius 1 is 1.35 bits per heavy atom. The van der Waals surface area contributed by atoms with Crippen LogP contribution in [-0.2, 0) is 7.05 Å². The zero-order valence-corrected chi connectivity index (χ0v) is 10.1. The third kappa shape index (κ3) is 2.13. The molecule has 0 aliphatic carbocycles. The Hall–Kier alpha value is -1.91. The molecule has 0 atom stereocenters. The number of hydrogen-bond acceptors (Lipinski definition) is 3. The average molecular weight is 234 g/mol. The van der Waals surface area contributed by atoms with E-state index in [1.807, 2.05) is 13.8 Å². The highest BCUT2D eigenvalue weighted by Crippen LogP contribution is 2.25. The SMILES string of the molecule is CC(C)c1nc(-c2ccc(F)cc2N)n(C)n1. The van der Waals surface area contributed by atoms with Crippen LogP contribution in [0.4, 0.5) is 10.1 Å². The summed E-state index contributed by atoms with van der Waals surface area (Å²) in [4.78, 5) is 4.42. The first-order chi connectivity index (χ1) is 7.99. The molecule has 0 spiro atoms. The minimum atomic E-state index is -0.350. The average Bonchev–Trinajstić information content (AvgIpc) is 2.61. The summed E-state index contributed by atoms with van der Waals surface area (Å²) < 4.78 is 14.6. The molecule has 0 amide bonds. The van der Waals surface area contributed by atoms with Crippen LogP contribution in [0.1, 0.15) is 25.6 Å². The lowest BCUT2D eigenvalue weighted by Crippen LogP contribution is -1.98. The molecule has 5 heteroatoms. The molecule has 0 bridgehead atoms. The molecule has 0 unspecified atom stereocenters. The van der Waals surface area contributed by atoms with Crippen molar-refractivity contribution in [3.63, 3.8) is 0 Å². The van der Waals surface area contributed by atoms with E-state index in [1.165, 1.54) is 12.1 Å². The van der Waals surface area contributed by atoms with E-state index in [2.05, 4.69) is 10.1 Å². The van der Waals surface area contributed by atoms with Crippen LogP contribution in [0.3, 0.4) is 0 Å². The van der Waals surface area contributed by atoms with Gasteiger partial charge in [0, 0.05) is 24.2 Å². The fourth-order valence-electron chi connectivity index (χ4n) is 1.62. The van der Waals surface area contributed by atoms with Crippen LogP contribution < -0.4 is 5.73 Å². The number of halogens is 1. The van der Waals surface area contributed by atoms with Gasteiger partial charge in [-0.3, -0.25) is 0 Å². The summed E-state index contributed by atoms with van der Waals surface area (Å²) in [6.45, 7) is 4.04. The van der Waals surface area contributed by atoms with Crippen molar-refractivity contribution in [2.24, 2.45) is 7.05 Å². The Kier molecular flexibility index (Phi) is 2.83. The van der Waals surface area contributed by atoms with Gasteiger partial charge in [0.15, 0.2) is 11.6 Å². The molecule has 0 saturated heterocycles. The van der Waals surface area contributed by atoms with Gasteiger partial charge in [-0.05, 0) is 18.2 Å². The Bertz CT molecular complexity index is 545. The van der Waals surface area contributed by atoms with Crippen molar-refractivity contribution in [3.05, 3.63) is 29.8 Å². The highest BCUT2D eigenvalue weighted by atomic mass is 19.1. The van der Waals surface area contributed by atoms with E-state index in [0.717, 1.165) is 5.82 Å². The molecule has 2 rings (SSSR count). The maximum absolute atomic E-state index is 13.0. The quantitative estimate of drug-likeness (QED) is 0.811. The van der Waals surface area contributed by atoms with E-state index >= 15 is 0 Å². The standard InChI is InChI=1S/C12H15FN4/c1-7(2)11-15-12(17(3)16-11)9-5-4-8(13)6-10(9)14/h4-7H,14H2,1-3H3. The van der Waals surface area contributed by atoms with Crippen LogP contribution in [0.2, 0.25) is 0 Å². The van der Waals surface area contributed by atoms with Gasteiger partial charge >= 0.3 is 0 Å². The summed E-state index contributed by atoms with van der Waals surface area (Å²) in [5.41, 5.74) is 6.86. The van der Waals surface area contributed by atoms with Crippen molar-refractivity contribution in [1.29, 1.82) is 0 Å². The molecule has 2 N–H and O–H groups in total. The number of nitrogens with two attached hydrogens (primary N) is 1. The van der Waals surface area contributed by atoms with Crippen molar-refractivity contribution < 1.29 is 4.39 Å². The van der Waals surface area contributed by atoms with Gasteiger partial charge in [0.05, 0.1) is 0 Å². The number of benzene rings is 1. The third-order valence-electron chi connectivity index (χ3n) is 2.55.